The van der Waals surface area contributed by atoms with Crippen molar-refractivity contribution in [2.24, 2.45) is 0 Å². The molecule has 4 N–H and O–H groups in total. The third kappa shape index (κ3) is 91.0. The Morgan fingerprint density at radius 1 is 0.239 bits per heavy atom. The number of unbranched alkanes of at least 4 members (excludes halogenated alkanes) is 30. The Kier molecular flexibility index (Phi) is 85.3. The van der Waals surface area contributed by atoms with E-state index < -0.39 is 91.5 Å². The first-order chi connectivity index (χ1) is 57.2. The first kappa shape index (κ1) is 111. The molecule has 0 aliphatic rings. The van der Waals surface area contributed by atoms with E-state index in [0.717, 1.165) is 180 Å². The summed E-state index contributed by atoms with van der Waals surface area (Å²) >= 11 is 0. The Balaban J connectivity index is 4.51. The lowest BCUT2D eigenvalue weighted by molar-refractivity contribution is -0.161. The number of carbonyl (C=O) groups excluding carboxylic acids is 3. The van der Waals surface area contributed by atoms with Crippen LogP contribution < -0.4 is 0 Å². The van der Waals surface area contributed by atoms with Gasteiger partial charge in [0, 0.05) is 19.3 Å². The summed E-state index contributed by atoms with van der Waals surface area (Å²) in [5.41, 5.74) is 0. The van der Waals surface area contributed by atoms with Crippen molar-refractivity contribution in [3.05, 3.63) is 194 Å². The van der Waals surface area contributed by atoms with E-state index in [1.807, 2.05) is 0 Å². The number of phosphoric acid groups is 2. The van der Waals surface area contributed by atoms with Crippen LogP contribution in [0, 0.1) is 0 Å². The third-order valence-corrected chi connectivity index (χ3v) is 20.7. The van der Waals surface area contributed by atoms with Gasteiger partial charge in [0.2, 0.25) is 0 Å². The largest absolute Gasteiger partial charge is 0.472 e. The molecule has 666 valence electrons. The summed E-state index contributed by atoms with van der Waals surface area (Å²) in [7, 11) is -9.82. The molecule has 0 aromatic heterocycles. The zero-order valence-corrected chi connectivity index (χ0v) is 75.1. The summed E-state index contributed by atoms with van der Waals surface area (Å²) in [5, 5.41) is 20.7. The number of ether oxygens (including phenoxy) is 3. The summed E-state index contributed by atoms with van der Waals surface area (Å²) < 4.78 is 61.4. The van der Waals surface area contributed by atoms with Gasteiger partial charge in [-0.3, -0.25) is 32.5 Å². The molecular formula is C99H164O16P2. The quantitative estimate of drug-likeness (QED) is 0.0146. The van der Waals surface area contributed by atoms with E-state index in [-0.39, 0.29) is 19.3 Å². The molecule has 0 aliphatic heterocycles. The molecule has 0 saturated heterocycles. The highest BCUT2D eigenvalue weighted by molar-refractivity contribution is 7.47. The van der Waals surface area contributed by atoms with Gasteiger partial charge in [0.05, 0.1) is 26.4 Å². The van der Waals surface area contributed by atoms with E-state index in [1.54, 1.807) is 0 Å². The van der Waals surface area contributed by atoms with E-state index in [0.29, 0.717) is 19.3 Å². The second kappa shape index (κ2) is 89.6. The van der Waals surface area contributed by atoms with Crippen LogP contribution >= 0.6 is 15.6 Å². The van der Waals surface area contributed by atoms with Crippen LogP contribution in [0.15, 0.2) is 194 Å². The van der Waals surface area contributed by atoms with E-state index in [2.05, 4.69) is 215 Å². The van der Waals surface area contributed by atoms with Gasteiger partial charge in [0.25, 0.3) is 0 Å². The molecule has 18 heteroatoms. The van der Waals surface area contributed by atoms with Gasteiger partial charge in [-0.25, -0.2) is 9.13 Å². The highest BCUT2D eigenvalue weighted by atomic mass is 31.2. The number of aliphatic hydroxyl groups is 2. The van der Waals surface area contributed by atoms with Crippen LogP contribution in [0.5, 0.6) is 0 Å². The van der Waals surface area contributed by atoms with Crippen molar-refractivity contribution in [3.63, 3.8) is 0 Å². The number of hydrogen-bond acceptors (Lipinski definition) is 14. The zero-order chi connectivity index (χ0) is 85.1. The van der Waals surface area contributed by atoms with Crippen molar-refractivity contribution in [1.29, 1.82) is 0 Å². The lowest BCUT2D eigenvalue weighted by atomic mass is 10.0. The van der Waals surface area contributed by atoms with Gasteiger partial charge in [0.1, 0.15) is 25.4 Å². The molecule has 0 bridgehead atoms. The topological polar surface area (TPSA) is 231 Å². The summed E-state index contributed by atoms with van der Waals surface area (Å²) in [6.45, 7) is 2.33. The van der Waals surface area contributed by atoms with Crippen molar-refractivity contribution >= 4 is 33.6 Å². The van der Waals surface area contributed by atoms with Crippen LogP contribution in [0.2, 0.25) is 0 Å². The molecular weight excluding hydrogens is 1510 g/mol. The summed E-state index contributed by atoms with van der Waals surface area (Å²) in [4.78, 5) is 58.9. The smallest absolute Gasteiger partial charge is 0.463 e. The van der Waals surface area contributed by atoms with Crippen molar-refractivity contribution < 1.29 is 75.8 Å². The molecule has 16 nitrogen and oxygen atoms in total. The van der Waals surface area contributed by atoms with Gasteiger partial charge in [-0.1, -0.05) is 369 Å². The molecule has 0 aromatic rings. The van der Waals surface area contributed by atoms with E-state index >= 15 is 0 Å². The van der Waals surface area contributed by atoms with Crippen molar-refractivity contribution in [2.45, 2.75) is 373 Å². The van der Waals surface area contributed by atoms with Gasteiger partial charge >= 0.3 is 33.6 Å². The molecule has 0 rings (SSSR count). The molecule has 117 heavy (non-hydrogen) atoms. The molecule has 5 atom stereocenters. The van der Waals surface area contributed by atoms with Crippen LogP contribution in [-0.2, 0) is 55.8 Å². The zero-order valence-electron chi connectivity index (χ0n) is 73.3. The van der Waals surface area contributed by atoms with Crippen molar-refractivity contribution in [3.8, 4) is 0 Å². The molecule has 0 aliphatic carbocycles. The first-order valence-corrected chi connectivity index (χ1v) is 48.7. The molecule has 0 aromatic carbocycles. The number of allylic oxidation sites excluding steroid dienone is 32. The van der Waals surface area contributed by atoms with Crippen LogP contribution in [-0.4, -0.2) is 95.9 Å². The lowest BCUT2D eigenvalue weighted by Crippen LogP contribution is -2.30. The number of aliphatic hydroxyl groups excluding tert-OH is 2. The van der Waals surface area contributed by atoms with E-state index in [9.17, 15) is 43.5 Å². The summed E-state index contributed by atoms with van der Waals surface area (Å²) in [6.07, 6.45) is 119. The maximum Gasteiger partial charge on any atom is 0.472 e. The Morgan fingerprint density at radius 2 is 0.427 bits per heavy atom. The molecule has 0 fully saturated rings. The standard InChI is InChI=1S/C99H164O16P2/c1-4-7-10-13-16-19-22-25-28-31-33-35-37-39-41-43-44-45-46-47-48-50-52-53-55-57-59-62-64-67-70-73-76-79-82-85-97(102)109-88-94(100)89-111-116(105,106)112-90-95(101)91-113-117(107,108)114-93-96(115-99(104)87-84-81-78-75-72-69-66-61-30-27-24-21-18-15-12-9-6-3)92-110-98(103)86-83-80-77-74-71-68-65-63-60-58-56-54-51-49-42-40-38-36-34-32-29-26-23-20-17-14-11-8-5-2/h7-12,16-21,25-30,33-36,39-42,44-45,51,54,66,69,94-96,100-101H,4-6,13-15,22-24,31-32,37-38,43,46-50,52-53,55-65,67-68,70-93H2,1-3H3,(H,105,106)(H,107,108)/b10-7-,11-8-,12-9-,19-16-,20-17-,21-18-,28-25-,29-26-,30-27-,35-33-,36-34-,41-39-,42-40-,45-44-,54-51-,69-66-. The maximum atomic E-state index is 13.0. The van der Waals surface area contributed by atoms with Crippen LogP contribution in [0.4, 0.5) is 0 Å². The Morgan fingerprint density at radius 3 is 0.675 bits per heavy atom. The predicted octanol–water partition coefficient (Wildman–Crippen LogP) is 28.2. The van der Waals surface area contributed by atoms with E-state index in [1.165, 1.54) is 116 Å². The SMILES string of the molecule is CC/C=C\C/C=C\C/C=C\C/C=C\C/C=C\C/C=C\CCCCCCCCCCCCCCCCCCC(=O)OCC(O)COP(=O)(O)OCC(O)COP(=O)(O)OCC(COC(=O)CCCCCCCCCCCC/C=C\C/C=C\C/C=C\C/C=C\C/C=C\C/C=C\CC)OC(=O)CCCCCC/C=C\C/C=C\C/C=C\C/C=C\CC. The number of esters is 3. The van der Waals surface area contributed by atoms with Gasteiger partial charge in [-0.15, -0.1) is 0 Å². The molecule has 0 heterocycles. The monoisotopic (exact) mass is 1670 g/mol. The molecule has 0 radical (unpaired) electrons. The average Bonchev–Trinajstić information content (AvgIpc) is 0.901. The minimum absolute atomic E-state index is 0.0701. The molecule has 0 saturated carbocycles. The van der Waals surface area contributed by atoms with Gasteiger partial charge in [0.15, 0.2) is 6.10 Å². The Hall–Kier alpha value is -5.61. The summed E-state index contributed by atoms with van der Waals surface area (Å²) in [6, 6.07) is 0. The van der Waals surface area contributed by atoms with E-state index in [4.69, 9.17) is 32.3 Å². The van der Waals surface area contributed by atoms with Crippen LogP contribution in [0.25, 0.3) is 0 Å². The summed E-state index contributed by atoms with van der Waals surface area (Å²) in [5.74, 6) is -1.61. The van der Waals surface area contributed by atoms with Crippen molar-refractivity contribution in [2.75, 3.05) is 39.6 Å². The normalized spacial score (nSPS) is 14.7. The van der Waals surface area contributed by atoms with Crippen LogP contribution in [0.3, 0.4) is 0 Å². The van der Waals surface area contributed by atoms with Gasteiger partial charge in [-0.2, -0.15) is 0 Å². The Labute approximate surface area is 712 Å². The number of hydrogen-bond donors (Lipinski definition) is 4. The fourth-order valence-corrected chi connectivity index (χ4v) is 13.6. The predicted molar refractivity (Wildman–Crippen MR) is 491 cm³/mol. The molecule has 0 amide bonds. The Bertz CT molecular complexity index is 2910. The number of rotatable bonds is 85. The lowest BCUT2D eigenvalue weighted by Gasteiger charge is -2.21. The number of carbonyl (C=O) groups is 3. The number of phosphoric ester groups is 2. The molecule has 0 spiro atoms. The fraction of sp³-hybridized carbons (Fsp3) is 0.646. The van der Waals surface area contributed by atoms with Gasteiger partial charge < -0.3 is 34.2 Å². The third-order valence-electron chi connectivity index (χ3n) is 18.8. The van der Waals surface area contributed by atoms with Crippen molar-refractivity contribution in [1.82, 2.24) is 0 Å². The van der Waals surface area contributed by atoms with Crippen LogP contribution in [0.1, 0.15) is 355 Å². The minimum Gasteiger partial charge on any atom is -0.463 e. The second-order valence-corrected chi connectivity index (χ2v) is 32.9. The highest BCUT2D eigenvalue weighted by Gasteiger charge is 2.29. The fourth-order valence-electron chi connectivity index (χ4n) is 12.0. The average molecular weight is 1670 g/mol. The highest BCUT2D eigenvalue weighted by Crippen LogP contribution is 2.45. The molecule has 5 unspecified atom stereocenters. The maximum absolute atomic E-state index is 13.0. The first-order valence-electron chi connectivity index (χ1n) is 45.7. The minimum atomic E-state index is -4.95. The second-order valence-electron chi connectivity index (χ2n) is 30.0. The van der Waals surface area contributed by atoms with Gasteiger partial charge in [-0.05, 0) is 161 Å².